The summed E-state index contributed by atoms with van der Waals surface area (Å²) in [5.41, 5.74) is -0.0322. The van der Waals surface area contributed by atoms with Crippen molar-refractivity contribution in [3.8, 4) is 0 Å². The van der Waals surface area contributed by atoms with E-state index in [0.717, 1.165) is 39.0 Å². The number of nitrogens with one attached hydrogen (secondary N) is 1. The third kappa shape index (κ3) is 3.29. The van der Waals surface area contributed by atoms with Crippen LogP contribution >= 0.6 is 0 Å². The van der Waals surface area contributed by atoms with Gasteiger partial charge in [0, 0.05) is 32.1 Å². The zero-order chi connectivity index (χ0) is 14.0. The summed E-state index contributed by atoms with van der Waals surface area (Å²) in [6.45, 7) is 11.9. The van der Waals surface area contributed by atoms with Crippen LogP contribution in [0.3, 0.4) is 0 Å². The second kappa shape index (κ2) is 5.80. The van der Waals surface area contributed by atoms with E-state index in [2.05, 4.69) is 26.1 Å². The number of morpholine rings is 1. The van der Waals surface area contributed by atoms with E-state index in [1.165, 1.54) is 0 Å². The summed E-state index contributed by atoms with van der Waals surface area (Å²) in [4.78, 5) is 14.4. The first-order chi connectivity index (χ1) is 8.93. The summed E-state index contributed by atoms with van der Waals surface area (Å²) in [5.74, 6) is 0.844. The van der Waals surface area contributed by atoms with Crippen molar-refractivity contribution >= 4 is 5.91 Å². The fourth-order valence-electron chi connectivity index (χ4n) is 3.02. The first-order valence-corrected chi connectivity index (χ1v) is 7.61. The molecule has 2 saturated heterocycles. The normalized spacial score (nSPS) is 28.7. The van der Waals surface area contributed by atoms with Gasteiger partial charge in [-0.05, 0) is 25.7 Å². The molecule has 2 unspecified atom stereocenters. The maximum atomic E-state index is 12.3. The summed E-state index contributed by atoms with van der Waals surface area (Å²) in [7, 11) is 0. The molecule has 1 spiro atoms. The molecule has 1 N–H and O–H groups in total. The number of carbonyl (C=O) groups excluding carboxylic acids is 1. The Hall–Kier alpha value is -0.610. The van der Waals surface area contributed by atoms with Crippen LogP contribution in [0.15, 0.2) is 0 Å². The van der Waals surface area contributed by atoms with Gasteiger partial charge in [-0.1, -0.05) is 20.8 Å². The molecule has 0 bridgehead atoms. The number of carbonyl (C=O) groups is 1. The molecular formula is C15H28N2O2. The molecule has 2 atom stereocenters. The molecular weight excluding hydrogens is 240 g/mol. The summed E-state index contributed by atoms with van der Waals surface area (Å²) >= 11 is 0. The van der Waals surface area contributed by atoms with E-state index in [1.54, 1.807) is 0 Å². The van der Waals surface area contributed by atoms with Crippen molar-refractivity contribution in [2.24, 2.45) is 11.8 Å². The fraction of sp³-hybridized carbons (Fsp3) is 0.933. The van der Waals surface area contributed by atoms with Crippen LogP contribution < -0.4 is 5.32 Å². The highest BCUT2D eigenvalue weighted by molar-refractivity contribution is 5.78. The predicted molar refractivity (Wildman–Crippen MR) is 76.0 cm³/mol. The van der Waals surface area contributed by atoms with Gasteiger partial charge in [-0.25, -0.2) is 0 Å². The lowest BCUT2D eigenvalue weighted by atomic mass is 9.88. The molecule has 0 radical (unpaired) electrons. The predicted octanol–water partition coefficient (Wildman–Crippen LogP) is 1.65. The van der Waals surface area contributed by atoms with Gasteiger partial charge in [-0.15, -0.1) is 0 Å². The van der Waals surface area contributed by atoms with E-state index in [9.17, 15) is 4.79 Å². The Labute approximate surface area is 116 Å². The minimum Gasteiger partial charge on any atom is -0.369 e. The Morgan fingerprint density at radius 1 is 1.32 bits per heavy atom. The first kappa shape index (κ1) is 14.8. The van der Waals surface area contributed by atoms with Crippen LogP contribution in [-0.2, 0) is 9.53 Å². The third-order valence-corrected chi connectivity index (χ3v) is 4.71. The highest BCUT2D eigenvalue weighted by atomic mass is 16.5. The molecule has 0 aliphatic carbocycles. The molecule has 0 aromatic rings. The van der Waals surface area contributed by atoms with Crippen molar-refractivity contribution < 1.29 is 9.53 Å². The van der Waals surface area contributed by atoms with Gasteiger partial charge in [0.1, 0.15) is 0 Å². The molecule has 2 rings (SSSR count). The second-order valence-corrected chi connectivity index (χ2v) is 6.60. The first-order valence-electron chi connectivity index (χ1n) is 7.61. The molecule has 2 heterocycles. The van der Waals surface area contributed by atoms with Gasteiger partial charge in [0.05, 0.1) is 11.7 Å². The Kier molecular flexibility index (Phi) is 4.51. The van der Waals surface area contributed by atoms with Crippen LogP contribution in [0.1, 0.15) is 40.5 Å². The number of nitrogens with zero attached hydrogens (tertiary/aromatic N) is 1. The summed E-state index contributed by atoms with van der Waals surface area (Å²) in [6, 6.07) is 0. The van der Waals surface area contributed by atoms with E-state index in [1.807, 2.05) is 11.8 Å². The lowest BCUT2D eigenvalue weighted by molar-refractivity contribution is -0.153. The minimum absolute atomic E-state index is 0.0322. The lowest BCUT2D eigenvalue weighted by Crippen LogP contribution is -2.58. The number of amides is 1. The van der Waals surface area contributed by atoms with Gasteiger partial charge >= 0.3 is 0 Å². The van der Waals surface area contributed by atoms with E-state index < -0.39 is 0 Å². The van der Waals surface area contributed by atoms with Gasteiger partial charge in [0.2, 0.25) is 5.91 Å². The van der Waals surface area contributed by atoms with Gasteiger partial charge in [-0.2, -0.15) is 0 Å². The molecule has 1 amide bonds. The number of likely N-dealkylation sites (tertiary alicyclic amines) is 1. The number of rotatable bonds is 2. The van der Waals surface area contributed by atoms with Gasteiger partial charge < -0.3 is 15.0 Å². The van der Waals surface area contributed by atoms with Crippen molar-refractivity contribution in [2.45, 2.75) is 52.2 Å². The molecule has 2 fully saturated rings. The third-order valence-electron chi connectivity index (χ3n) is 4.71. The zero-order valence-electron chi connectivity index (χ0n) is 12.7. The maximum Gasteiger partial charge on any atom is 0.225 e. The Morgan fingerprint density at radius 2 is 1.95 bits per heavy atom. The van der Waals surface area contributed by atoms with Crippen molar-refractivity contribution in [3.63, 3.8) is 0 Å². The van der Waals surface area contributed by atoms with E-state index in [-0.39, 0.29) is 17.6 Å². The molecule has 0 aromatic carbocycles. The summed E-state index contributed by atoms with van der Waals surface area (Å²) in [5, 5.41) is 3.45. The van der Waals surface area contributed by atoms with E-state index >= 15 is 0 Å². The number of hydrogen-bond acceptors (Lipinski definition) is 3. The molecule has 0 saturated carbocycles. The van der Waals surface area contributed by atoms with Crippen molar-refractivity contribution in [3.05, 3.63) is 0 Å². The largest absolute Gasteiger partial charge is 0.369 e. The SMILES string of the molecule is CC1CNCC2(CCN(C(=O)C(C)C(C)C)CC2)O1. The molecule has 4 nitrogen and oxygen atoms in total. The van der Waals surface area contributed by atoms with Gasteiger partial charge in [-0.3, -0.25) is 4.79 Å². The fourth-order valence-corrected chi connectivity index (χ4v) is 3.02. The number of hydrogen-bond donors (Lipinski definition) is 1. The Morgan fingerprint density at radius 3 is 2.47 bits per heavy atom. The van der Waals surface area contributed by atoms with E-state index in [4.69, 9.17) is 4.74 Å². The topological polar surface area (TPSA) is 41.6 Å². The minimum atomic E-state index is -0.0322. The molecule has 4 heteroatoms. The summed E-state index contributed by atoms with van der Waals surface area (Å²) in [6.07, 6.45) is 2.20. The van der Waals surface area contributed by atoms with Crippen LogP contribution in [-0.4, -0.2) is 48.7 Å². The highest BCUT2D eigenvalue weighted by Gasteiger charge is 2.40. The van der Waals surface area contributed by atoms with Gasteiger partial charge in [0.25, 0.3) is 0 Å². The maximum absolute atomic E-state index is 12.3. The smallest absolute Gasteiger partial charge is 0.225 e. The average Bonchev–Trinajstić information content (AvgIpc) is 2.37. The van der Waals surface area contributed by atoms with Crippen molar-refractivity contribution in [2.75, 3.05) is 26.2 Å². The van der Waals surface area contributed by atoms with Crippen LogP contribution in [0, 0.1) is 11.8 Å². The van der Waals surface area contributed by atoms with Crippen LogP contribution in [0.2, 0.25) is 0 Å². The average molecular weight is 268 g/mol. The monoisotopic (exact) mass is 268 g/mol. The quantitative estimate of drug-likeness (QED) is 0.828. The number of ether oxygens (including phenoxy) is 1. The zero-order valence-corrected chi connectivity index (χ0v) is 12.7. The van der Waals surface area contributed by atoms with Gasteiger partial charge in [0.15, 0.2) is 0 Å². The molecule has 110 valence electrons. The van der Waals surface area contributed by atoms with Crippen LogP contribution in [0.25, 0.3) is 0 Å². The molecule has 2 aliphatic heterocycles. The number of piperidine rings is 1. The van der Waals surface area contributed by atoms with Crippen molar-refractivity contribution in [1.82, 2.24) is 10.2 Å². The second-order valence-electron chi connectivity index (χ2n) is 6.60. The van der Waals surface area contributed by atoms with Crippen molar-refractivity contribution in [1.29, 1.82) is 0 Å². The highest BCUT2D eigenvalue weighted by Crippen LogP contribution is 2.30. The van der Waals surface area contributed by atoms with E-state index in [0.29, 0.717) is 11.8 Å². The standard InChI is InChI=1S/C15H28N2O2/c1-11(2)13(4)14(18)17-7-5-15(6-8-17)10-16-9-12(3)19-15/h11-13,16H,5-10H2,1-4H3. The lowest BCUT2D eigenvalue weighted by Gasteiger charge is -2.46. The Balaban J connectivity index is 1.90. The molecule has 19 heavy (non-hydrogen) atoms. The van der Waals surface area contributed by atoms with Crippen LogP contribution in [0.4, 0.5) is 0 Å². The Bertz CT molecular complexity index is 322. The van der Waals surface area contributed by atoms with Crippen LogP contribution in [0.5, 0.6) is 0 Å². The molecule has 2 aliphatic rings. The molecule has 0 aromatic heterocycles. The summed E-state index contributed by atoms with van der Waals surface area (Å²) < 4.78 is 6.15.